The third-order valence-electron chi connectivity index (χ3n) is 1.90. The number of hydrogen-bond acceptors (Lipinski definition) is 5. The fraction of sp³-hybridized carbons (Fsp3) is 0.273. The van der Waals surface area contributed by atoms with Crippen LogP contribution in [0.2, 0.25) is 0 Å². The van der Waals surface area contributed by atoms with E-state index in [1.54, 1.807) is 24.3 Å². The van der Waals surface area contributed by atoms with Gasteiger partial charge in [-0.3, -0.25) is 5.41 Å². The monoisotopic (exact) mass is 223 g/mol. The number of nitrogens with one attached hydrogen (secondary N) is 1. The summed E-state index contributed by atoms with van der Waals surface area (Å²) in [7, 11) is 2.73. The van der Waals surface area contributed by atoms with E-state index in [-0.39, 0.29) is 12.5 Å². The number of methoxy groups -OCH3 is 2. The summed E-state index contributed by atoms with van der Waals surface area (Å²) in [6.45, 7) is -0.127. The summed E-state index contributed by atoms with van der Waals surface area (Å²) < 4.78 is 14.3. The summed E-state index contributed by atoms with van der Waals surface area (Å²) in [4.78, 5) is 10.8. The maximum atomic E-state index is 10.8. The minimum absolute atomic E-state index is 0.0829. The van der Waals surface area contributed by atoms with Gasteiger partial charge < -0.3 is 14.2 Å². The molecule has 1 N–H and O–H groups in total. The summed E-state index contributed by atoms with van der Waals surface area (Å²) in [6.07, 6.45) is 0. The summed E-state index contributed by atoms with van der Waals surface area (Å²) >= 11 is 0. The third kappa shape index (κ3) is 3.27. The molecule has 0 aliphatic rings. The molecule has 0 heterocycles. The number of hydrogen-bond donors (Lipinski definition) is 1. The van der Waals surface area contributed by atoms with Gasteiger partial charge in [-0.2, -0.15) is 0 Å². The first kappa shape index (κ1) is 12.0. The summed E-state index contributed by atoms with van der Waals surface area (Å²) in [5, 5.41) is 7.41. The zero-order valence-electron chi connectivity index (χ0n) is 9.15. The number of esters is 1. The lowest BCUT2D eigenvalue weighted by Crippen LogP contribution is -2.12. The fourth-order valence-electron chi connectivity index (χ4n) is 1.02. The molecule has 0 amide bonds. The minimum atomic E-state index is -0.436. The van der Waals surface area contributed by atoms with Crippen LogP contribution in [0.15, 0.2) is 24.3 Å². The second kappa shape index (κ2) is 5.75. The molecule has 0 aliphatic heterocycles. The van der Waals surface area contributed by atoms with Gasteiger partial charge in [0.15, 0.2) is 6.61 Å². The molecular weight excluding hydrogens is 210 g/mol. The van der Waals surface area contributed by atoms with Crippen LogP contribution in [0, 0.1) is 5.41 Å². The van der Waals surface area contributed by atoms with Crippen LogP contribution in [0.5, 0.6) is 5.75 Å². The standard InChI is InChI=1S/C11H13NO4/c1-14-10(13)7-16-9-5-3-8(4-6-9)11(12)15-2/h3-6,12H,7H2,1-2H3. The summed E-state index contributed by atoms with van der Waals surface area (Å²) in [5.74, 6) is 0.186. The van der Waals surface area contributed by atoms with Crippen molar-refractivity contribution in [3.05, 3.63) is 29.8 Å². The number of benzene rings is 1. The van der Waals surface area contributed by atoms with Crippen molar-refractivity contribution in [3.63, 3.8) is 0 Å². The Labute approximate surface area is 93.4 Å². The molecule has 1 rings (SSSR count). The highest BCUT2D eigenvalue weighted by molar-refractivity contribution is 5.91. The first-order chi connectivity index (χ1) is 7.67. The molecule has 0 atom stereocenters. The van der Waals surface area contributed by atoms with Gasteiger partial charge in [0.25, 0.3) is 0 Å². The molecule has 0 saturated carbocycles. The number of ether oxygens (including phenoxy) is 3. The highest BCUT2D eigenvalue weighted by Gasteiger charge is 2.03. The molecule has 1 aromatic rings. The van der Waals surface area contributed by atoms with Crippen molar-refractivity contribution in [1.29, 1.82) is 5.41 Å². The lowest BCUT2D eigenvalue weighted by Gasteiger charge is -2.06. The van der Waals surface area contributed by atoms with Gasteiger partial charge in [0.2, 0.25) is 5.90 Å². The highest BCUT2D eigenvalue weighted by Crippen LogP contribution is 2.12. The van der Waals surface area contributed by atoms with E-state index in [0.29, 0.717) is 11.3 Å². The molecule has 0 radical (unpaired) electrons. The van der Waals surface area contributed by atoms with E-state index >= 15 is 0 Å². The largest absolute Gasteiger partial charge is 0.482 e. The Morgan fingerprint density at radius 3 is 2.31 bits per heavy atom. The van der Waals surface area contributed by atoms with Crippen molar-refractivity contribution in [2.24, 2.45) is 0 Å². The summed E-state index contributed by atoms with van der Waals surface area (Å²) in [5.41, 5.74) is 0.646. The smallest absolute Gasteiger partial charge is 0.343 e. The lowest BCUT2D eigenvalue weighted by atomic mass is 10.2. The van der Waals surface area contributed by atoms with Gasteiger partial charge >= 0.3 is 5.97 Å². The number of carbonyl (C=O) groups is 1. The van der Waals surface area contributed by atoms with Gasteiger partial charge in [-0.15, -0.1) is 0 Å². The molecule has 5 heteroatoms. The molecule has 0 bridgehead atoms. The van der Waals surface area contributed by atoms with Crippen molar-refractivity contribution >= 4 is 11.9 Å². The molecule has 1 aromatic carbocycles. The zero-order valence-corrected chi connectivity index (χ0v) is 9.15. The Morgan fingerprint density at radius 1 is 1.19 bits per heavy atom. The fourth-order valence-corrected chi connectivity index (χ4v) is 1.02. The topological polar surface area (TPSA) is 68.6 Å². The normalized spacial score (nSPS) is 9.38. The molecule has 0 aliphatic carbocycles. The molecule has 0 saturated heterocycles. The second-order valence-electron chi connectivity index (χ2n) is 2.92. The first-order valence-corrected chi connectivity index (χ1v) is 4.60. The molecule has 0 aromatic heterocycles. The van der Waals surface area contributed by atoms with Crippen molar-refractivity contribution in [1.82, 2.24) is 0 Å². The maximum absolute atomic E-state index is 10.8. The van der Waals surface area contributed by atoms with Crippen LogP contribution in [0.3, 0.4) is 0 Å². The van der Waals surface area contributed by atoms with Crippen LogP contribution in [0.4, 0.5) is 0 Å². The summed E-state index contributed by atoms with van der Waals surface area (Å²) in [6, 6.07) is 6.68. The molecular formula is C11H13NO4. The van der Waals surface area contributed by atoms with Crippen LogP contribution in [-0.2, 0) is 14.3 Å². The Kier molecular flexibility index (Phi) is 4.32. The van der Waals surface area contributed by atoms with E-state index in [9.17, 15) is 4.79 Å². The van der Waals surface area contributed by atoms with E-state index in [4.69, 9.17) is 14.9 Å². The molecule has 0 fully saturated rings. The van der Waals surface area contributed by atoms with Gasteiger partial charge in [-0.05, 0) is 24.3 Å². The highest BCUT2D eigenvalue weighted by atomic mass is 16.6. The third-order valence-corrected chi connectivity index (χ3v) is 1.90. The molecule has 0 spiro atoms. The van der Waals surface area contributed by atoms with E-state index in [2.05, 4.69) is 4.74 Å². The molecule has 16 heavy (non-hydrogen) atoms. The predicted molar refractivity (Wildman–Crippen MR) is 57.8 cm³/mol. The van der Waals surface area contributed by atoms with Crippen LogP contribution in [0.1, 0.15) is 5.56 Å². The van der Waals surface area contributed by atoms with Gasteiger partial charge in [0.1, 0.15) is 5.75 Å². The number of rotatable bonds is 4. The average molecular weight is 223 g/mol. The van der Waals surface area contributed by atoms with Crippen molar-refractivity contribution in [2.45, 2.75) is 0 Å². The lowest BCUT2D eigenvalue weighted by molar-refractivity contribution is -0.142. The first-order valence-electron chi connectivity index (χ1n) is 4.60. The van der Waals surface area contributed by atoms with Gasteiger partial charge in [0, 0.05) is 5.56 Å². The van der Waals surface area contributed by atoms with Gasteiger partial charge in [-0.1, -0.05) is 0 Å². The molecule has 0 unspecified atom stereocenters. The van der Waals surface area contributed by atoms with Crippen molar-refractivity contribution in [3.8, 4) is 5.75 Å². The van der Waals surface area contributed by atoms with Crippen molar-refractivity contribution in [2.75, 3.05) is 20.8 Å². The van der Waals surface area contributed by atoms with E-state index < -0.39 is 5.97 Å². The Bertz CT molecular complexity index is 372. The van der Waals surface area contributed by atoms with E-state index in [0.717, 1.165) is 0 Å². The van der Waals surface area contributed by atoms with E-state index in [1.807, 2.05) is 0 Å². The molecule has 86 valence electrons. The van der Waals surface area contributed by atoms with Gasteiger partial charge in [0.05, 0.1) is 14.2 Å². The maximum Gasteiger partial charge on any atom is 0.343 e. The van der Waals surface area contributed by atoms with Crippen LogP contribution >= 0.6 is 0 Å². The Morgan fingerprint density at radius 2 is 1.81 bits per heavy atom. The van der Waals surface area contributed by atoms with E-state index in [1.165, 1.54) is 14.2 Å². The second-order valence-corrected chi connectivity index (χ2v) is 2.92. The molecule has 5 nitrogen and oxygen atoms in total. The number of carbonyl (C=O) groups excluding carboxylic acids is 1. The quantitative estimate of drug-likeness (QED) is 0.473. The predicted octanol–water partition coefficient (Wildman–Crippen LogP) is 1.21. The van der Waals surface area contributed by atoms with Crippen LogP contribution in [-0.4, -0.2) is 32.7 Å². The van der Waals surface area contributed by atoms with Gasteiger partial charge in [-0.25, -0.2) is 4.79 Å². The Balaban J connectivity index is 2.58. The minimum Gasteiger partial charge on any atom is -0.482 e. The zero-order chi connectivity index (χ0) is 12.0. The Hall–Kier alpha value is -2.04. The van der Waals surface area contributed by atoms with Crippen LogP contribution in [0.25, 0.3) is 0 Å². The SMILES string of the molecule is COC(=N)c1ccc(OCC(=O)OC)cc1. The van der Waals surface area contributed by atoms with Crippen LogP contribution < -0.4 is 4.74 Å². The average Bonchev–Trinajstić information content (AvgIpc) is 2.35. The van der Waals surface area contributed by atoms with Crippen molar-refractivity contribution < 1.29 is 19.0 Å².